The van der Waals surface area contributed by atoms with Crippen LogP contribution in [0.25, 0.3) is 0 Å². The molecule has 0 unspecified atom stereocenters. The lowest BCUT2D eigenvalue weighted by atomic mass is 10.0. The minimum absolute atomic E-state index is 1.12. The second-order valence-corrected chi connectivity index (χ2v) is 7.56. The second kappa shape index (κ2) is 22.7. The highest BCUT2D eigenvalue weighted by Crippen LogP contribution is 2.13. The summed E-state index contributed by atoms with van der Waals surface area (Å²) in [5, 5.41) is 0. The predicted octanol–water partition coefficient (Wildman–Crippen LogP) is 9.20. The molecule has 0 nitrogen and oxygen atoms in total. The lowest BCUT2D eigenvalue weighted by molar-refractivity contribution is 0.547. The van der Waals surface area contributed by atoms with Crippen molar-refractivity contribution in [3.8, 4) is 0 Å². The van der Waals surface area contributed by atoms with Gasteiger partial charge in [0.15, 0.2) is 0 Å². The van der Waals surface area contributed by atoms with Gasteiger partial charge in [-0.3, -0.25) is 0 Å². The van der Waals surface area contributed by atoms with Crippen LogP contribution >= 0.6 is 0 Å². The summed E-state index contributed by atoms with van der Waals surface area (Å²) in [5.41, 5.74) is 0. The van der Waals surface area contributed by atoms with Gasteiger partial charge in [-0.25, -0.2) is 0 Å². The van der Waals surface area contributed by atoms with Crippen LogP contribution in [0.5, 0.6) is 0 Å². The summed E-state index contributed by atoms with van der Waals surface area (Å²) in [6, 6.07) is 0. The number of hydrogen-bond donors (Lipinski definition) is 0. The molecule has 0 atom stereocenters. The maximum absolute atomic E-state index is 3.90. The van der Waals surface area contributed by atoms with Gasteiger partial charge in [0, 0.05) is 0 Å². The molecule has 143 valence electrons. The van der Waals surface area contributed by atoms with E-state index in [-0.39, 0.29) is 0 Å². The average Bonchev–Trinajstić information content (AvgIpc) is 2.60. The first-order chi connectivity index (χ1) is 11.9. The quantitative estimate of drug-likeness (QED) is 0.154. The molecule has 0 aromatic heterocycles. The third-order valence-electron chi connectivity index (χ3n) is 5.01. The highest BCUT2D eigenvalue weighted by atomic mass is 14.0. The van der Waals surface area contributed by atoms with Crippen molar-refractivity contribution in [3.05, 3.63) is 19.1 Å². The van der Waals surface area contributed by atoms with Crippen molar-refractivity contribution < 1.29 is 0 Å². The van der Waals surface area contributed by atoms with Crippen molar-refractivity contribution in [2.24, 2.45) is 0 Å². The molecule has 24 heavy (non-hydrogen) atoms. The fraction of sp³-hybridized carbons (Fsp3) is 0.875. The molecule has 0 aliphatic rings. The molecule has 0 aromatic rings. The van der Waals surface area contributed by atoms with E-state index >= 15 is 0 Å². The Morgan fingerprint density at radius 1 is 0.458 bits per heavy atom. The largest absolute Gasteiger partial charge is 0.0885 e. The Labute approximate surface area is 154 Å². The van der Waals surface area contributed by atoms with E-state index in [2.05, 4.69) is 26.0 Å². The molecule has 0 heteroatoms. The summed E-state index contributed by atoms with van der Waals surface area (Å²) in [5.74, 6) is 0. The Morgan fingerprint density at radius 2 is 0.792 bits per heavy atom. The van der Waals surface area contributed by atoms with Gasteiger partial charge in [0.25, 0.3) is 0 Å². The highest BCUT2D eigenvalue weighted by Gasteiger charge is 1.93. The zero-order valence-electron chi connectivity index (χ0n) is 17.0. The Bertz CT molecular complexity index is 228. The Balaban J connectivity index is 3.03. The van der Waals surface area contributed by atoms with Crippen LogP contribution < -0.4 is 0 Å². The molecular formula is C24H47. The fourth-order valence-corrected chi connectivity index (χ4v) is 3.31. The van der Waals surface area contributed by atoms with E-state index in [1.807, 2.05) is 0 Å². The van der Waals surface area contributed by atoms with E-state index in [0.29, 0.717) is 0 Å². The molecule has 0 aliphatic carbocycles. The zero-order chi connectivity index (χ0) is 17.6. The molecule has 0 aromatic carbocycles. The molecule has 0 N–H and O–H groups in total. The Morgan fingerprint density at radius 3 is 1.17 bits per heavy atom. The van der Waals surface area contributed by atoms with Crippen molar-refractivity contribution in [1.82, 2.24) is 0 Å². The molecule has 0 amide bonds. The lowest BCUT2D eigenvalue weighted by Gasteiger charge is -2.02. The van der Waals surface area contributed by atoms with Crippen LogP contribution in [0.2, 0.25) is 0 Å². The smallest absolute Gasteiger partial charge is 0.0351 e. The first-order valence-corrected chi connectivity index (χ1v) is 11.4. The van der Waals surface area contributed by atoms with Gasteiger partial charge in [-0.15, -0.1) is 0 Å². The molecule has 0 spiro atoms. The summed E-state index contributed by atoms with van der Waals surface area (Å²) in [6.45, 7) is 6.19. The molecule has 0 heterocycles. The van der Waals surface area contributed by atoms with Gasteiger partial charge in [0.1, 0.15) is 0 Å². The molecule has 0 saturated carbocycles. The summed E-state index contributed by atoms with van der Waals surface area (Å²) in [6.07, 6.45) is 32.8. The maximum Gasteiger partial charge on any atom is -0.0351 e. The van der Waals surface area contributed by atoms with E-state index in [1.54, 1.807) is 0 Å². The standard InChI is InChI=1S/C24H47/c1-3-5-7-9-11-13-15-17-19-21-23-24-22-20-18-16-14-12-10-8-6-4-2/h18,20H,1,3-17,19,21-24H2,2H3. The van der Waals surface area contributed by atoms with Crippen LogP contribution in [0, 0.1) is 6.92 Å². The monoisotopic (exact) mass is 335 g/mol. The minimum atomic E-state index is 1.12. The van der Waals surface area contributed by atoms with Crippen molar-refractivity contribution in [3.63, 3.8) is 0 Å². The van der Waals surface area contributed by atoms with E-state index in [1.165, 1.54) is 122 Å². The van der Waals surface area contributed by atoms with Gasteiger partial charge >= 0.3 is 0 Å². The van der Waals surface area contributed by atoms with Gasteiger partial charge in [0.2, 0.25) is 0 Å². The van der Waals surface area contributed by atoms with Crippen molar-refractivity contribution in [1.29, 1.82) is 0 Å². The normalized spacial score (nSPS) is 11.6. The summed E-state index contributed by atoms with van der Waals surface area (Å²) in [7, 11) is 0. The first-order valence-electron chi connectivity index (χ1n) is 11.4. The molecule has 0 fully saturated rings. The second-order valence-electron chi connectivity index (χ2n) is 7.56. The zero-order valence-corrected chi connectivity index (χ0v) is 17.0. The van der Waals surface area contributed by atoms with E-state index in [0.717, 1.165) is 6.42 Å². The van der Waals surface area contributed by atoms with Crippen LogP contribution in [0.15, 0.2) is 12.2 Å². The van der Waals surface area contributed by atoms with Crippen LogP contribution in [0.1, 0.15) is 135 Å². The van der Waals surface area contributed by atoms with Crippen molar-refractivity contribution in [2.75, 3.05) is 0 Å². The van der Waals surface area contributed by atoms with Crippen LogP contribution in [0.3, 0.4) is 0 Å². The third kappa shape index (κ3) is 21.7. The molecule has 0 bridgehead atoms. The van der Waals surface area contributed by atoms with Crippen molar-refractivity contribution >= 4 is 0 Å². The summed E-state index contributed by atoms with van der Waals surface area (Å²) < 4.78 is 0. The van der Waals surface area contributed by atoms with E-state index in [9.17, 15) is 0 Å². The maximum atomic E-state index is 3.90. The van der Waals surface area contributed by atoms with Crippen LogP contribution in [-0.4, -0.2) is 0 Å². The lowest BCUT2D eigenvalue weighted by Crippen LogP contribution is -1.82. The Kier molecular flexibility index (Phi) is 22.5. The van der Waals surface area contributed by atoms with Gasteiger partial charge in [-0.2, -0.15) is 0 Å². The topological polar surface area (TPSA) is 0 Å². The molecular weight excluding hydrogens is 288 g/mol. The van der Waals surface area contributed by atoms with Crippen LogP contribution in [0.4, 0.5) is 0 Å². The highest BCUT2D eigenvalue weighted by molar-refractivity contribution is 4.81. The summed E-state index contributed by atoms with van der Waals surface area (Å²) >= 11 is 0. The van der Waals surface area contributed by atoms with E-state index in [4.69, 9.17) is 0 Å². The number of allylic oxidation sites excluding steroid dienone is 2. The van der Waals surface area contributed by atoms with Crippen molar-refractivity contribution in [2.45, 2.75) is 135 Å². The number of unbranched alkanes of at least 4 members (excludes halogenated alkanes) is 18. The van der Waals surface area contributed by atoms with Gasteiger partial charge in [-0.05, 0) is 25.7 Å². The van der Waals surface area contributed by atoms with Gasteiger partial charge in [0.05, 0.1) is 0 Å². The average molecular weight is 336 g/mol. The fourth-order valence-electron chi connectivity index (χ4n) is 3.31. The molecule has 0 aliphatic heterocycles. The SMILES string of the molecule is [CH2]CCCCCCCCCCCCCC=CCCCCCCCC. The minimum Gasteiger partial charge on any atom is -0.0885 e. The first kappa shape index (κ1) is 23.7. The number of hydrogen-bond acceptors (Lipinski definition) is 0. The van der Waals surface area contributed by atoms with E-state index < -0.39 is 0 Å². The third-order valence-corrected chi connectivity index (χ3v) is 5.01. The molecule has 0 rings (SSSR count). The van der Waals surface area contributed by atoms with Gasteiger partial charge < -0.3 is 0 Å². The molecule has 0 saturated heterocycles. The molecule has 1 radical (unpaired) electrons. The number of rotatable bonds is 20. The van der Waals surface area contributed by atoms with Gasteiger partial charge in [-0.1, -0.05) is 129 Å². The predicted molar refractivity (Wildman–Crippen MR) is 113 cm³/mol. The van der Waals surface area contributed by atoms with Crippen LogP contribution in [-0.2, 0) is 0 Å². The Hall–Kier alpha value is -0.260. The summed E-state index contributed by atoms with van der Waals surface area (Å²) in [4.78, 5) is 0.